The highest BCUT2D eigenvalue weighted by molar-refractivity contribution is 5.90. The van der Waals surface area contributed by atoms with Gasteiger partial charge in [0, 0.05) is 5.56 Å². The van der Waals surface area contributed by atoms with E-state index in [1.54, 1.807) is 30.5 Å². The molecule has 6 nitrogen and oxygen atoms in total. The molecule has 1 aromatic heterocycles. The summed E-state index contributed by atoms with van der Waals surface area (Å²) in [6.07, 6.45) is 1.56. The number of esters is 1. The molecule has 3 aromatic rings. The van der Waals surface area contributed by atoms with E-state index in [4.69, 9.17) is 9.25 Å². The van der Waals surface area contributed by atoms with Gasteiger partial charge in [-0.3, -0.25) is 0 Å². The van der Waals surface area contributed by atoms with Crippen molar-refractivity contribution >= 4 is 12.2 Å². The summed E-state index contributed by atoms with van der Waals surface area (Å²) in [4.78, 5) is 21.1. The molecule has 6 heteroatoms. The Morgan fingerprint density at radius 3 is 2.58 bits per heavy atom. The van der Waals surface area contributed by atoms with Gasteiger partial charge in [0.1, 0.15) is 11.5 Å². The fraction of sp³-hybridized carbons (Fsp3) is 0.150. The Kier molecular flexibility index (Phi) is 5.43. The molecule has 0 unspecified atom stereocenters. The van der Waals surface area contributed by atoms with Crippen LogP contribution in [0.3, 0.4) is 0 Å². The maximum Gasteiger partial charge on any atom is 0.337 e. The summed E-state index contributed by atoms with van der Waals surface area (Å²) < 4.78 is 10.3. The number of methoxy groups -OCH3 is 1. The van der Waals surface area contributed by atoms with Gasteiger partial charge in [-0.25, -0.2) is 9.78 Å². The van der Waals surface area contributed by atoms with E-state index in [2.05, 4.69) is 14.9 Å². The standard InChI is InChI=1S/C20H18N2O4/c1-14-18(22-19(26-14)16-6-4-3-5-7-16)13-25-21-12-15-8-10-17(11-9-15)20(23)24-2/h3-12H,13H2,1-2H3/b21-12+. The molecule has 2 aromatic carbocycles. The van der Waals surface area contributed by atoms with Crippen LogP contribution in [0, 0.1) is 6.92 Å². The second kappa shape index (κ2) is 8.11. The van der Waals surface area contributed by atoms with Crippen molar-refractivity contribution < 1.29 is 18.8 Å². The zero-order valence-electron chi connectivity index (χ0n) is 14.5. The SMILES string of the molecule is COC(=O)c1ccc(/C=N/OCc2nc(-c3ccccc3)oc2C)cc1. The summed E-state index contributed by atoms with van der Waals surface area (Å²) in [5.74, 6) is 0.881. The predicted molar refractivity (Wildman–Crippen MR) is 96.8 cm³/mol. The first kappa shape index (κ1) is 17.4. The molecule has 1 heterocycles. The van der Waals surface area contributed by atoms with E-state index in [-0.39, 0.29) is 12.6 Å². The predicted octanol–water partition coefficient (Wildman–Crippen LogP) is 3.99. The minimum Gasteiger partial charge on any atom is -0.465 e. The molecule has 26 heavy (non-hydrogen) atoms. The van der Waals surface area contributed by atoms with E-state index >= 15 is 0 Å². The number of rotatable bonds is 6. The molecule has 0 aliphatic heterocycles. The van der Waals surface area contributed by atoms with E-state index in [1.807, 2.05) is 37.3 Å². The van der Waals surface area contributed by atoms with Gasteiger partial charge in [0.15, 0.2) is 6.61 Å². The monoisotopic (exact) mass is 350 g/mol. The average Bonchev–Trinajstić information content (AvgIpc) is 3.06. The lowest BCUT2D eigenvalue weighted by Crippen LogP contribution is -2.00. The van der Waals surface area contributed by atoms with Gasteiger partial charge in [-0.2, -0.15) is 0 Å². The number of carbonyl (C=O) groups is 1. The second-order valence-electron chi connectivity index (χ2n) is 5.51. The zero-order valence-corrected chi connectivity index (χ0v) is 14.5. The first-order valence-electron chi connectivity index (χ1n) is 8.03. The summed E-state index contributed by atoms with van der Waals surface area (Å²) >= 11 is 0. The van der Waals surface area contributed by atoms with Crippen LogP contribution >= 0.6 is 0 Å². The first-order chi connectivity index (χ1) is 12.7. The van der Waals surface area contributed by atoms with Gasteiger partial charge in [0.05, 0.1) is 18.9 Å². The molecule has 132 valence electrons. The van der Waals surface area contributed by atoms with Crippen LogP contribution in [-0.4, -0.2) is 24.3 Å². The Morgan fingerprint density at radius 1 is 1.15 bits per heavy atom. The summed E-state index contributed by atoms with van der Waals surface area (Å²) in [7, 11) is 1.35. The molecule has 0 spiro atoms. The number of oxime groups is 1. The van der Waals surface area contributed by atoms with E-state index in [9.17, 15) is 4.79 Å². The zero-order chi connectivity index (χ0) is 18.4. The van der Waals surface area contributed by atoms with Crippen LogP contribution in [0.5, 0.6) is 0 Å². The quantitative estimate of drug-likeness (QED) is 0.382. The van der Waals surface area contributed by atoms with Crippen molar-refractivity contribution in [3.8, 4) is 11.5 Å². The van der Waals surface area contributed by atoms with Crippen molar-refractivity contribution in [2.24, 2.45) is 5.16 Å². The number of aryl methyl sites for hydroxylation is 1. The minimum atomic E-state index is -0.375. The molecule has 0 aliphatic carbocycles. The van der Waals surface area contributed by atoms with Crippen molar-refractivity contribution in [1.29, 1.82) is 0 Å². The second-order valence-corrected chi connectivity index (χ2v) is 5.51. The van der Waals surface area contributed by atoms with Gasteiger partial charge >= 0.3 is 5.97 Å². The summed E-state index contributed by atoms with van der Waals surface area (Å²) in [6, 6.07) is 16.5. The van der Waals surface area contributed by atoms with Gasteiger partial charge in [-0.1, -0.05) is 35.5 Å². The number of hydrogen-bond donors (Lipinski definition) is 0. The molecule has 3 rings (SSSR count). The molecule has 0 fully saturated rings. The Morgan fingerprint density at radius 2 is 1.88 bits per heavy atom. The fourth-order valence-electron chi connectivity index (χ4n) is 2.29. The lowest BCUT2D eigenvalue weighted by molar-refractivity contribution is 0.0600. The van der Waals surface area contributed by atoms with Crippen molar-refractivity contribution in [2.45, 2.75) is 13.5 Å². The van der Waals surface area contributed by atoms with Crippen molar-refractivity contribution in [3.63, 3.8) is 0 Å². The number of benzene rings is 2. The van der Waals surface area contributed by atoms with Gasteiger partial charge in [0.2, 0.25) is 5.89 Å². The maximum absolute atomic E-state index is 11.4. The molecule has 0 bridgehead atoms. The molecule has 0 saturated heterocycles. The normalized spacial score (nSPS) is 10.8. The lowest BCUT2D eigenvalue weighted by atomic mass is 10.1. The van der Waals surface area contributed by atoms with Crippen LogP contribution in [-0.2, 0) is 16.2 Å². The molecular weight excluding hydrogens is 332 g/mol. The average molecular weight is 350 g/mol. The van der Waals surface area contributed by atoms with Gasteiger partial charge < -0.3 is 14.0 Å². The highest BCUT2D eigenvalue weighted by atomic mass is 16.6. The molecule has 0 amide bonds. The number of ether oxygens (including phenoxy) is 1. The largest absolute Gasteiger partial charge is 0.465 e. The Labute approximate surface area is 151 Å². The molecule has 0 saturated carbocycles. The van der Waals surface area contributed by atoms with Gasteiger partial charge in [0.25, 0.3) is 0 Å². The number of nitrogens with zero attached hydrogens (tertiary/aromatic N) is 2. The lowest BCUT2D eigenvalue weighted by Gasteiger charge is -1.99. The minimum absolute atomic E-state index is 0.207. The molecule has 0 N–H and O–H groups in total. The molecule has 0 atom stereocenters. The van der Waals surface area contributed by atoms with Crippen LogP contribution in [0.4, 0.5) is 0 Å². The van der Waals surface area contributed by atoms with Gasteiger partial charge in [-0.05, 0) is 36.8 Å². The Balaban J connectivity index is 1.59. The Bertz CT molecular complexity index is 899. The van der Waals surface area contributed by atoms with E-state index in [0.717, 1.165) is 11.1 Å². The van der Waals surface area contributed by atoms with Crippen molar-refractivity contribution in [1.82, 2.24) is 4.98 Å². The summed E-state index contributed by atoms with van der Waals surface area (Å²) in [5.41, 5.74) is 2.90. The summed E-state index contributed by atoms with van der Waals surface area (Å²) in [6.45, 7) is 2.05. The first-order valence-corrected chi connectivity index (χ1v) is 8.03. The van der Waals surface area contributed by atoms with Crippen LogP contribution < -0.4 is 0 Å². The topological polar surface area (TPSA) is 73.9 Å². The number of carbonyl (C=O) groups excluding carboxylic acids is 1. The number of aromatic nitrogens is 1. The number of oxazole rings is 1. The number of hydrogen-bond acceptors (Lipinski definition) is 6. The van der Waals surface area contributed by atoms with E-state index < -0.39 is 0 Å². The molecular formula is C20H18N2O4. The van der Waals surface area contributed by atoms with Crippen LogP contribution in [0.1, 0.15) is 27.4 Å². The van der Waals surface area contributed by atoms with Gasteiger partial charge in [-0.15, -0.1) is 0 Å². The third kappa shape index (κ3) is 4.16. The third-order valence-corrected chi connectivity index (χ3v) is 3.72. The fourth-order valence-corrected chi connectivity index (χ4v) is 2.29. The van der Waals surface area contributed by atoms with Crippen LogP contribution in [0.15, 0.2) is 64.2 Å². The highest BCUT2D eigenvalue weighted by Gasteiger charge is 2.11. The van der Waals surface area contributed by atoms with E-state index in [0.29, 0.717) is 22.9 Å². The molecule has 0 aliphatic rings. The van der Waals surface area contributed by atoms with Crippen molar-refractivity contribution in [2.75, 3.05) is 7.11 Å². The van der Waals surface area contributed by atoms with Crippen LogP contribution in [0.2, 0.25) is 0 Å². The third-order valence-electron chi connectivity index (χ3n) is 3.72. The van der Waals surface area contributed by atoms with Crippen LogP contribution in [0.25, 0.3) is 11.5 Å². The van der Waals surface area contributed by atoms with E-state index in [1.165, 1.54) is 7.11 Å². The van der Waals surface area contributed by atoms with Crippen molar-refractivity contribution in [3.05, 3.63) is 77.2 Å². The smallest absolute Gasteiger partial charge is 0.337 e. The summed E-state index contributed by atoms with van der Waals surface area (Å²) in [5, 5.41) is 3.93. The maximum atomic E-state index is 11.4. The molecule has 0 radical (unpaired) electrons. The Hall–Kier alpha value is -3.41. The highest BCUT2D eigenvalue weighted by Crippen LogP contribution is 2.21.